The monoisotopic (exact) mass is 616 g/mol. The number of hydrogen-bond donors (Lipinski definition) is 2. The van der Waals surface area contributed by atoms with Crippen molar-refractivity contribution in [2.45, 2.75) is 82.8 Å². The van der Waals surface area contributed by atoms with Crippen molar-refractivity contribution in [2.75, 3.05) is 18.4 Å². The fraction of sp³-hybridized carbons (Fsp3) is 0.667. The number of nitrogens with zero attached hydrogens (tertiary/aromatic N) is 4. The van der Waals surface area contributed by atoms with Gasteiger partial charge in [-0.25, -0.2) is 9.37 Å². The molecule has 1 aromatic heterocycles. The molecule has 1 spiro atoms. The summed E-state index contributed by atoms with van der Waals surface area (Å²) in [6, 6.07) is 1.58. The van der Waals surface area contributed by atoms with Crippen LogP contribution in [0.2, 0.25) is 0 Å². The molecule has 6 rings (SSSR count). The van der Waals surface area contributed by atoms with Gasteiger partial charge in [0, 0.05) is 26.1 Å². The highest BCUT2D eigenvalue weighted by molar-refractivity contribution is 6.01. The maximum atomic E-state index is 15.2. The van der Waals surface area contributed by atoms with Crippen molar-refractivity contribution in [2.24, 2.45) is 29.1 Å². The van der Waals surface area contributed by atoms with Crippen molar-refractivity contribution in [1.82, 2.24) is 20.1 Å². The van der Waals surface area contributed by atoms with Crippen LogP contribution in [0.15, 0.2) is 18.3 Å². The third kappa shape index (κ3) is 4.66. The lowest BCUT2D eigenvalue weighted by molar-refractivity contribution is -0.153. The van der Waals surface area contributed by atoms with Crippen LogP contribution in [0, 0.1) is 40.4 Å². The number of anilines is 1. The number of hydrogen-bond acceptors (Lipinski definition) is 7. The lowest BCUT2D eigenvalue weighted by Gasteiger charge is -2.39. The lowest BCUT2D eigenvalue weighted by Crippen LogP contribution is -2.61. The zero-order valence-corrected chi connectivity index (χ0v) is 24.9. The number of pyridine rings is 1. The molecule has 3 aliphatic heterocycles. The van der Waals surface area contributed by atoms with Gasteiger partial charge in [-0.2, -0.15) is 14.0 Å². The molecule has 0 aromatic carbocycles. The van der Waals surface area contributed by atoms with Gasteiger partial charge in [0.2, 0.25) is 17.4 Å². The first-order valence-electron chi connectivity index (χ1n) is 14.8. The highest BCUT2D eigenvalue weighted by Crippen LogP contribution is 2.59. The number of halogens is 3. The van der Waals surface area contributed by atoms with Gasteiger partial charge in [-0.15, -0.1) is 0 Å². The average molecular weight is 617 g/mol. The number of nitrogens with one attached hydrogen (secondary N) is 2. The predicted molar refractivity (Wildman–Crippen MR) is 148 cm³/mol. The maximum Gasteiger partial charge on any atom is 0.321 e. The summed E-state index contributed by atoms with van der Waals surface area (Å²) in [5, 5.41) is 15.0. The van der Waals surface area contributed by atoms with Crippen molar-refractivity contribution in [3.63, 3.8) is 0 Å². The van der Waals surface area contributed by atoms with Crippen LogP contribution in [0.5, 0.6) is 5.75 Å². The predicted octanol–water partition coefficient (Wildman–Crippen LogP) is 2.28. The molecule has 2 aliphatic carbocycles. The van der Waals surface area contributed by atoms with Crippen LogP contribution < -0.4 is 15.4 Å². The molecule has 2 saturated carbocycles. The first-order valence-corrected chi connectivity index (χ1v) is 14.8. The molecule has 2 saturated heterocycles. The van der Waals surface area contributed by atoms with Crippen molar-refractivity contribution < 1.29 is 37.1 Å². The summed E-state index contributed by atoms with van der Waals surface area (Å²) in [5.41, 5.74) is -2.61. The minimum atomic E-state index is -3.75. The number of fused-ring (bicyclic) bond motifs is 6. The minimum Gasteiger partial charge on any atom is -0.472 e. The summed E-state index contributed by atoms with van der Waals surface area (Å²) in [5.74, 6) is -8.17. The Kier molecular flexibility index (Phi) is 6.90. The number of aromatic nitrogens is 1. The Balaban J connectivity index is 1.34. The van der Waals surface area contributed by atoms with E-state index in [0.29, 0.717) is 19.8 Å². The van der Waals surface area contributed by atoms with E-state index in [-0.39, 0.29) is 42.9 Å². The summed E-state index contributed by atoms with van der Waals surface area (Å²) in [6.07, 6.45) is 1.04. The molecule has 9 unspecified atom stereocenters. The Morgan fingerprint density at radius 3 is 2.59 bits per heavy atom. The van der Waals surface area contributed by atoms with Gasteiger partial charge in [0.25, 0.3) is 11.8 Å². The highest BCUT2D eigenvalue weighted by Gasteiger charge is 2.65. The summed E-state index contributed by atoms with van der Waals surface area (Å²) >= 11 is 0. The highest BCUT2D eigenvalue weighted by atomic mass is 19.3. The summed E-state index contributed by atoms with van der Waals surface area (Å²) in [7, 11) is 0. The van der Waals surface area contributed by atoms with E-state index in [9.17, 15) is 33.2 Å². The Bertz CT molecular complexity index is 1460. The number of likely N-dealkylation sites (tertiary alicyclic amines) is 2. The van der Waals surface area contributed by atoms with Gasteiger partial charge >= 0.3 is 5.92 Å². The Morgan fingerprint density at radius 1 is 1.20 bits per heavy atom. The second-order valence-electron chi connectivity index (χ2n) is 14.0. The molecule has 14 heteroatoms. The zero-order chi connectivity index (χ0) is 31.9. The van der Waals surface area contributed by atoms with Gasteiger partial charge in [0.15, 0.2) is 11.6 Å². The molecule has 9 atom stereocenters. The molecule has 2 bridgehead atoms. The number of alkyl halides is 3. The van der Waals surface area contributed by atoms with Crippen LogP contribution in [0.3, 0.4) is 0 Å². The normalized spacial score (nSPS) is 34.6. The number of amides is 4. The molecule has 4 amide bonds. The molecule has 1 aromatic rings. The quantitative estimate of drug-likeness (QED) is 0.528. The van der Waals surface area contributed by atoms with E-state index in [1.807, 2.05) is 0 Å². The number of carbonyl (C=O) groups excluding carboxylic acids is 4. The number of carbonyl (C=O) groups is 4. The summed E-state index contributed by atoms with van der Waals surface area (Å²) in [6.45, 7) is 5.06. The Hall–Kier alpha value is -3.89. The second-order valence-corrected chi connectivity index (χ2v) is 14.0. The Morgan fingerprint density at radius 2 is 1.93 bits per heavy atom. The first-order chi connectivity index (χ1) is 20.6. The van der Waals surface area contributed by atoms with Crippen LogP contribution >= 0.6 is 0 Å². The van der Waals surface area contributed by atoms with Gasteiger partial charge < -0.3 is 25.2 Å². The largest absolute Gasteiger partial charge is 0.472 e. The smallest absolute Gasteiger partial charge is 0.321 e. The van der Waals surface area contributed by atoms with Gasteiger partial charge in [-0.05, 0) is 54.1 Å². The fourth-order valence-electron chi connectivity index (χ4n) is 7.99. The van der Waals surface area contributed by atoms with E-state index in [4.69, 9.17) is 4.74 Å². The average Bonchev–Trinajstić information content (AvgIpc) is 3.70. The van der Waals surface area contributed by atoms with E-state index in [1.54, 1.807) is 32.9 Å². The second kappa shape index (κ2) is 10.1. The van der Waals surface area contributed by atoms with Crippen LogP contribution in [0.1, 0.15) is 47.0 Å². The molecule has 11 nitrogen and oxygen atoms in total. The van der Waals surface area contributed by atoms with E-state index in [0.717, 1.165) is 0 Å². The molecular formula is C30H35F3N6O5. The molecule has 4 fully saturated rings. The van der Waals surface area contributed by atoms with Crippen molar-refractivity contribution >= 4 is 29.4 Å². The van der Waals surface area contributed by atoms with Gasteiger partial charge in [0.1, 0.15) is 24.3 Å². The molecule has 0 radical (unpaired) electrons. The van der Waals surface area contributed by atoms with Crippen LogP contribution in [0.4, 0.5) is 19.0 Å². The van der Waals surface area contributed by atoms with Crippen LogP contribution in [-0.4, -0.2) is 87.3 Å². The van der Waals surface area contributed by atoms with E-state index in [1.165, 1.54) is 16.0 Å². The number of nitriles is 1. The topological polar surface area (TPSA) is 145 Å². The zero-order valence-electron chi connectivity index (χ0n) is 24.9. The van der Waals surface area contributed by atoms with Crippen molar-refractivity contribution in [3.05, 3.63) is 18.3 Å². The maximum absolute atomic E-state index is 15.2. The summed E-state index contributed by atoms with van der Waals surface area (Å²) < 4.78 is 49.1. The van der Waals surface area contributed by atoms with Gasteiger partial charge in [0.05, 0.1) is 12.6 Å². The number of ether oxygens (including phenoxy) is 1. The molecule has 44 heavy (non-hydrogen) atoms. The molecule has 2 N–H and O–H groups in total. The van der Waals surface area contributed by atoms with E-state index < -0.39 is 76.7 Å². The third-order valence-corrected chi connectivity index (χ3v) is 10.1. The Labute approximate surface area is 252 Å². The number of rotatable bonds is 4. The van der Waals surface area contributed by atoms with E-state index in [2.05, 4.69) is 21.7 Å². The van der Waals surface area contributed by atoms with Crippen molar-refractivity contribution in [1.29, 1.82) is 5.26 Å². The fourth-order valence-corrected chi connectivity index (χ4v) is 7.99. The van der Waals surface area contributed by atoms with E-state index >= 15 is 4.39 Å². The minimum absolute atomic E-state index is 0.0658. The van der Waals surface area contributed by atoms with Gasteiger partial charge in [-0.1, -0.05) is 20.8 Å². The molecule has 4 heterocycles. The molecular weight excluding hydrogens is 581 g/mol. The van der Waals surface area contributed by atoms with Crippen LogP contribution in [-0.2, 0) is 19.2 Å². The summed E-state index contributed by atoms with van der Waals surface area (Å²) in [4.78, 5) is 61.0. The standard InChI is InChI=1S/C30H35F3N6O5/c1-28(2,3)22(36-26(42)29(4,32)33)25(41)38-12-17-14-8-16(18(31)9-14)20(17)21(38)24(40)39-13-30(10-15(39)11-34)27(43)37-23-19(44-30)6-5-7-35-23/h5-7,14-18,20-22H,8-10,12-13H2,1-4H3,(H,36,42)(H,35,37,43). The van der Waals surface area contributed by atoms with Crippen molar-refractivity contribution in [3.8, 4) is 11.8 Å². The molecule has 236 valence electrons. The molecule has 5 aliphatic rings. The third-order valence-electron chi connectivity index (χ3n) is 10.1. The van der Waals surface area contributed by atoms with Crippen LogP contribution in [0.25, 0.3) is 0 Å². The first kappa shape index (κ1) is 30.1. The van der Waals surface area contributed by atoms with Gasteiger partial charge in [-0.3, -0.25) is 19.2 Å². The SMILES string of the molecule is CC(F)(F)C(=O)NC(C(=O)N1CC2C3CC(F)C(C3)C2C1C(=O)N1CC2(CC1C#N)Oc1cccnc1NC2=O)C(C)(C)C. The lowest BCUT2D eigenvalue weighted by atomic mass is 9.77.